The molecule has 0 saturated carbocycles. The van der Waals surface area contributed by atoms with Gasteiger partial charge in [-0.05, 0) is 41.5 Å². The maximum atomic E-state index is 13.1. The second-order valence-electron chi connectivity index (χ2n) is 7.59. The molecule has 0 unspecified atom stereocenters. The topological polar surface area (TPSA) is 66.9 Å². The number of hydrogen-bond donors (Lipinski definition) is 0. The van der Waals surface area contributed by atoms with E-state index in [1.54, 1.807) is 24.1 Å². The first kappa shape index (κ1) is 22.8. The Morgan fingerprint density at radius 2 is 1.71 bits per heavy atom. The average molecular weight is 441 g/mol. The van der Waals surface area contributed by atoms with E-state index in [0.717, 1.165) is 32.8 Å². The maximum Gasteiger partial charge on any atom is 0.253 e. The number of carbonyl (C=O) groups is 1. The quantitative estimate of drug-likeness (QED) is 0.528. The Kier molecular flexibility index (Phi) is 6.97. The minimum atomic E-state index is -3.62. The van der Waals surface area contributed by atoms with Gasteiger partial charge < -0.3 is 9.64 Å². The second kappa shape index (κ2) is 9.49. The van der Waals surface area contributed by atoms with Crippen LogP contribution in [0, 0.1) is 0 Å². The zero-order valence-corrected chi connectivity index (χ0v) is 19.1. The Balaban J connectivity index is 1.94. The highest BCUT2D eigenvalue weighted by Gasteiger charge is 2.21. The second-order valence-corrected chi connectivity index (χ2v) is 9.74. The molecule has 0 atom stereocenters. The van der Waals surface area contributed by atoms with Gasteiger partial charge in [-0.3, -0.25) is 4.79 Å². The number of benzene rings is 3. The fourth-order valence-corrected chi connectivity index (χ4v) is 4.30. The van der Waals surface area contributed by atoms with Crippen LogP contribution in [0.25, 0.3) is 10.8 Å². The average Bonchev–Trinajstić information content (AvgIpc) is 2.77. The number of nitrogens with zero attached hydrogens (tertiary/aromatic N) is 2. The lowest BCUT2D eigenvalue weighted by atomic mass is 10.0. The fraction of sp³-hybridized carbons (Fsp3) is 0.292. The van der Waals surface area contributed by atoms with E-state index in [1.807, 2.05) is 43.3 Å². The summed E-state index contributed by atoms with van der Waals surface area (Å²) < 4.78 is 32.0. The zero-order valence-electron chi connectivity index (χ0n) is 18.3. The fourth-order valence-electron chi connectivity index (χ4n) is 3.36. The molecule has 31 heavy (non-hydrogen) atoms. The number of ether oxygens (including phenoxy) is 1. The predicted octanol–water partition coefficient (Wildman–Crippen LogP) is 4.15. The molecule has 6 nitrogen and oxygen atoms in total. The van der Waals surface area contributed by atoms with Crippen LogP contribution in [0.5, 0.6) is 5.75 Å². The molecule has 3 rings (SSSR count). The molecule has 164 valence electrons. The summed E-state index contributed by atoms with van der Waals surface area (Å²) in [6.07, 6.45) is 0.883. The molecular formula is C24H28N2O4S. The summed E-state index contributed by atoms with van der Waals surface area (Å²) >= 11 is 0. The lowest BCUT2D eigenvalue weighted by Gasteiger charge is -2.21. The van der Waals surface area contributed by atoms with E-state index in [2.05, 4.69) is 0 Å². The summed E-state index contributed by atoms with van der Waals surface area (Å²) in [4.78, 5) is 14.8. The molecule has 0 aliphatic rings. The van der Waals surface area contributed by atoms with Gasteiger partial charge in [0.2, 0.25) is 10.0 Å². The van der Waals surface area contributed by atoms with Crippen molar-refractivity contribution in [2.24, 2.45) is 0 Å². The monoisotopic (exact) mass is 440 g/mol. The van der Waals surface area contributed by atoms with Gasteiger partial charge in [0.25, 0.3) is 5.91 Å². The molecule has 0 aliphatic carbocycles. The van der Waals surface area contributed by atoms with E-state index in [4.69, 9.17) is 4.74 Å². The molecule has 0 aliphatic heterocycles. The SMILES string of the molecule is CCCOc1ccc2ccccc2c1CN(C)C(=O)c1cccc(S(=O)(=O)N(C)C)c1. The van der Waals surface area contributed by atoms with Gasteiger partial charge in [-0.15, -0.1) is 0 Å². The van der Waals surface area contributed by atoms with Crippen molar-refractivity contribution in [2.75, 3.05) is 27.7 Å². The molecule has 3 aromatic carbocycles. The third-order valence-corrected chi connectivity index (χ3v) is 6.87. The van der Waals surface area contributed by atoms with Crippen molar-refractivity contribution in [1.82, 2.24) is 9.21 Å². The van der Waals surface area contributed by atoms with Gasteiger partial charge in [0.15, 0.2) is 0 Å². The summed E-state index contributed by atoms with van der Waals surface area (Å²) in [5, 5.41) is 2.10. The van der Waals surface area contributed by atoms with Crippen molar-refractivity contribution in [2.45, 2.75) is 24.8 Å². The lowest BCUT2D eigenvalue weighted by Crippen LogP contribution is -2.27. The highest BCUT2D eigenvalue weighted by molar-refractivity contribution is 7.89. The van der Waals surface area contributed by atoms with Crippen LogP contribution in [-0.2, 0) is 16.6 Å². The summed E-state index contributed by atoms with van der Waals surface area (Å²) in [6, 6.07) is 18.1. The molecule has 3 aromatic rings. The van der Waals surface area contributed by atoms with Crippen LogP contribution in [0.1, 0.15) is 29.3 Å². The van der Waals surface area contributed by atoms with Crippen molar-refractivity contribution >= 4 is 26.7 Å². The Bertz CT molecular complexity index is 1190. The Morgan fingerprint density at radius 1 is 0.968 bits per heavy atom. The predicted molar refractivity (Wildman–Crippen MR) is 123 cm³/mol. The third-order valence-electron chi connectivity index (χ3n) is 5.06. The highest BCUT2D eigenvalue weighted by atomic mass is 32.2. The van der Waals surface area contributed by atoms with Crippen molar-refractivity contribution in [3.8, 4) is 5.75 Å². The van der Waals surface area contributed by atoms with Crippen LogP contribution in [0.15, 0.2) is 65.6 Å². The highest BCUT2D eigenvalue weighted by Crippen LogP contribution is 2.30. The summed E-state index contributed by atoms with van der Waals surface area (Å²) in [6.45, 7) is 2.97. The van der Waals surface area contributed by atoms with Gasteiger partial charge in [0.1, 0.15) is 5.75 Å². The normalized spacial score (nSPS) is 11.6. The Labute approximate surface area is 184 Å². The van der Waals surface area contributed by atoms with E-state index >= 15 is 0 Å². The minimum Gasteiger partial charge on any atom is -0.493 e. The molecule has 0 radical (unpaired) electrons. The van der Waals surface area contributed by atoms with Crippen LogP contribution in [-0.4, -0.2) is 51.3 Å². The molecule has 7 heteroatoms. The minimum absolute atomic E-state index is 0.0916. The van der Waals surface area contributed by atoms with Gasteiger partial charge in [-0.25, -0.2) is 12.7 Å². The van der Waals surface area contributed by atoms with Gasteiger partial charge in [-0.1, -0.05) is 43.3 Å². The van der Waals surface area contributed by atoms with E-state index < -0.39 is 10.0 Å². The third kappa shape index (κ3) is 4.89. The van der Waals surface area contributed by atoms with Crippen LogP contribution in [0.3, 0.4) is 0 Å². The number of hydrogen-bond acceptors (Lipinski definition) is 4. The Morgan fingerprint density at radius 3 is 2.42 bits per heavy atom. The number of sulfonamides is 1. The molecule has 0 saturated heterocycles. The van der Waals surface area contributed by atoms with Gasteiger partial charge in [0, 0.05) is 38.8 Å². The van der Waals surface area contributed by atoms with Gasteiger partial charge in [0.05, 0.1) is 11.5 Å². The summed E-state index contributed by atoms with van der Waals surface area (Å²) in [5.41, 5.74) is 1.25. The van der Waals surface area contributed by atoms with Crippen molar-refractivity contribution in [3.63, 3.8) is 0 Å². The zero-order chi connectivity index (χ0) is 22.6. The van der Waals surface area contributed by atoms with Crippen LogP contribution in [0.4, 0.5) is 0 Å². The number of amides is 1. The molecule has 0 heterocycles. The van der Waals surface area contributed by atoms with Crippen LogP contribution in [0.2, 0.25) is 0 Å². The molecule has 0 spiro atoms. The number of carbonyl (C=O) groups excluding carboxylic acids is 1. The first-order valence-corrected chi connectivity index (χ1v) is 11.6. The largest absolute Gasteiger partial charge is 0.493 e. The van der Waals surface area contributed by atoms with Gasteiger partial charge >= 0.3 is 0 Å². The van der Waals surface area contributed by atoms with Crippen molar-refractivity contribution in [3.05, 3.63) is 71.8 Å². The first-order valence-electron chi connectivity index (χ1n) is 10.2. The summed E-state index contributed by atoms with van der Waals surface area (Å²) in [5.74, 6) is 0.495. The first-order chi connectivity index (χ1) is 14.8. The standard InChI is InChI=1S/C24H28N2O4S/c1-5-15-30-23-14-13-18-9-6-7-12-21(18)22(23)17-26(4)24(27)19-10-8-11-20(16-19)31(28,29)25(2)3/h6-14,16H,5,15,17H2,1-4H3. The van der Waals surface area contributed by atoms with Crippen LogP contribution < -0.4 is 4.74 Å². The maximum absolute atomic E-state index is 13.1. The molecular weight excluding hydrogens is 412 g/mol. The smallest absolute Gasteiger partial charge is 0.253 e. The Hall–Kier alpha value is -2.90. The van der Waals surface area contributed by atoms with Crippen molar-refractivity contribution in [1.29, 1.82) is 0 Å². The number of rotatable bonds is 8. The molecule has 1 amide bonds. The molecule has 0 N–H and O–H groups in total. The lowest BCUT2D eigenvalue weighted by molar-refractivity contribution is 0.0784. The molecule has 0 fully saturated rings. The van der Waals surface area contributed by atoms with Crippen LogP contribution >= 0.6 is 0 Å². The molecule has 0 bridgehead atoms. The number of fused-ring (bicyclic) bond motifs is 1. The van der Waals surface area contributed by atoms with E-state index in [-0.39, 0.29) is 10.8 Å². The van der Waals surface area contributed by atoms with Crippen molar-refractivity contribution < 1.29 is 17.9 Å². The molecule has 0 aromatic heterocycles. The van der Waals surface area contributed by atoms with E-state index in [0.29, 0.717) is 18.7 Å². The van der Waals surface area contributed by atoms with E-state index in [1.165, 1.54) is 26.2 Å². The van der Waals surface area contributed by atoms with Gasteiger partial charge in [-0.2, -0.15) is 0 Å². The van der Waals surface area contributed by atoms with E-state index in [9.17, 15) is 13.2 Å². The summed E-state index contributed by atoms with van der Waals surface area (Å²) in [7, 11) is 1.02.